The molecule has 0 heterocycles. The standard InChI is InChI=1S/C13H9Cl3N2O2/c14-9-2-1-7(5-10(9)15)20-12-8(13(18)19)3-6(17)4-11(12)16/h1-5H,17H2,(H2,18,19). The van der Waals surface area contributed by atoms with E-state index < -0.39 is 5.91 Å². The molecule has 2 rings (SSSR count). The van der Waals surface area contributed by atoms with Gasteiger partial charge in [-0.25, -0.2) is 0 Å². The molecule has 104 valence electrons. The number of hydrogen-bond donors (Lipinski definition) is 2. The predicted molar refractivity (Wildman–Crippen MR) is 80.9 cm³/mol. The third-order valence-electron chi connectivity index (χ3n) is 2.44. The highest BCUT2D eigenvalue weighted by atomic mass is 35.5. The molecule has 0 bridgehead atoms. The Labute approximate surface area is 130 Å². The Morgan fingerprint density at radius 3 is 2.30 bits per heavy atom. The zero-order chi connectivity index (χ0) is 14.9. The van der Waals surface area contributed by atoms with Crippen LogP contribution in [-0.4, -0.2) is 5.91 Å². The summed E-state index contributed by atoms with van der Waals surface area (Å²) in [6, 6.07) is 7.50. The first-order valence-corrected chi connectivity index (χ1v) is 6.53. The molecule has 0 radical (unpaired) electrons. The largest absolute Gasteiger partial charge is 0.455 e. The van der Waals surface area contributed by atoms with Crippen LogP contribution in [-0.2, 0) is 0 Å². The Morgan fingerprint density at radius 2 is 1.70 bits per heavy atom. The summed E-state index contributed by atoms with van der Waals surface area (Å²) in [5.74, 6) is -0.213. The van der Waals surface area contributed by atoms with E-state index in [0.29, 0.717) is 21.5 Å². The number of primary amides is 1. The van der Waals surface area contributed by atoms with Gasteiger partial charge in [-0.15, -0.1) is 0 Å². The first-order chi connectivity index (χ1) is 9.38. The summed E-state index contributed by atoms with van der Waals surface area (Å²) in [6.07, 6.45) is 0. The molecule has 0 unspecified atom stereocenters. The average molecular weight is 332 g/mol. The van der Waals surface area contributed by atoms with Gasteiger partial charge in [0.15, 0.2) is 5.75 Å². The molecule has 1 amide bonds. The summed E-state index contributed by atoms with van der Waals surface area (Å²) in [5, 5.41) is 0.874. The fourth-order valence-corrected chi connectivity index (χ4v) is 2.11. The molecule has 20 heavy (non-hydrogen) atoms. The molecular weight excluding hydrogens is 323 g/mol. The van der Waals surface area contributed by atoms with Crippen molar-refractivity contribution in [1.82, 2.24) is 0 Å². The molecule has 0 atom stereocenters. The normalized spacial score (nSPS) is 10.3. The van der Waals surface area contributed by atoms with Gasteiger partial charge in [0.05, 0.1) is 20.6 Å². The lowest BCUT2D eigenvalue weighted by Gasteiger charge is -2.12. The Kier molecular flexibility index (Phi) is 4.28. The highest BCUT2D eigenvalue weighted by Crippen LogP contribution is 2.36. The molecule has 0 aliphatic heterocycles. The zero-order valence-corrected chi connectivity index (χ0v) is 12.3. The predicted octanol–water partition coefficient (Wildman–Crippen LogP) is 4.12. The number of nitrogen functional groups attached to an aromatic ring is 1. The summed E-state index contributed by atoms with van der Waals surface area (Å²) in [4.78, 5) is 11.4. The van der Waals surface area contributed by atoms with E-state index in [1.54, 1.807) is 12.1 Å². The third-order valence-corrected chi connectivity index (χ3v) is 3.46. The van der Waals surface area contributed by atoms with Crippen LogP contribution in [0.2, 0.25) is 15.1 Å². The van der Waals surface area contributed by atoms with E-state index >= 15 is 0 Å². The molecule has 4 N–H and O–H groups in total. The second kappa shape index (κ2) is 5.79. The number of anilines is 1. The van der Waals surface area contributed by atoms with E-state index in [-0.39, 0.29) is 16.3 Å². The van der Waals surface area contributed by atoms with Crippen molar-refractivity contribution in [2.75, 3.05) is 5.73 Å². The van der Waals surface area contributed by atoms with E-state index in [4.69, 9.17) is 51.0 Å². The monoisotopic (exact) mass is 330 g/mol. The molecular formula is C13H9Cl3N2O2. The number of carbonyl (C=O) groups excluding carboxylic acids is 1. The maximum Gasteiger partial charge on any atom is 0.252 e. The number of carbonyl (C=O) groups is 1. The Balaban J connectivity index is 2.47. The molecule has 0 aliphatic carbocycles. The molecule has 0 fully saturated rings. The molecule has 0 saturated heterocycles. The van der Waals surface area contributed by atoms with Gasteiger partial charge in [-0.2, -0.15) is 0 Å². The summed E-state index contributed by atoms with van der Waals surface area (Å²) in [7, 11) is 0. The van der Waals surface area contributed by atoms with Crippen LogP contribution in [0.25, 0.3) is 0 Å². The van der Waals surface area contributed by atoms with Crippen molar-refractivity contribution in [3.63, 3.8) is 0 Å². The molecule has 4 nitrogen and oxygen atoms in total. The van der Waals surface area contributed by atoms with Crippen molar-refractivity contribution >= 4 is 46.4 Å². The highest BCUT2D eigenvalue weighted by molar-refractivity contribution is 6.42. The smallest absolute Gasteiger partial charge is 0.252 e. The number of nitrogens with two attached hydrogens (primary N) is 2. The minimum atomic E-state index is -0.700. The molecule has 0 aromatic heterocycles. The number of amides is 1. The lowest BCUT2D eigenvalue weighted by Crippen LogP contribution is -2.13. The van der Waals surface area contributed by atoms with Crippen LogP contribution in [0.4, 0.5) is 5.69 Å². The number of benzene rings is 2. The first-order valence-electron chi connectivity index (χ1n) is 5.40. The molecule has 2 aromatic rings. The molecule has 2 aromatic carbocycles. The number of rotatable bonds is 3. The van der Waals surface area contributed by atoms with Gasteiger partial charge in [0.2, 0.25) is 0 Å². The second-order valence-electron chi connectivity index (χ2n) is 3.92. The molecule has 0 saturated carbocycles. The lowest BCUT2D eigenvalue weighted by atomic mass is 10.1. The highest BCUT2D eigenvalue weighted by Gasteiger charge is 2.16. The average Bonchev–Trinajstić information content (AvgIpc) is 2.36. The minimum Gasteiger partial charge on any atom is -0.455 e. The van der Waals surface area contributed by atoms with Crippen LogP contribution in [0.3, 0.4) is 0 Å². The van der Waals surface area contributed by atoms with Crippen LogP contribution in [0.15, 0.2) is 30.3 Å². The van der Waals surface area contributed by atoms with E-state index in [1.165, 1.54) is 18.2 Å². The fraction of sp³-hybridized carbons (Fsp3) is 0. The van der Waals surface area contributed by atoms with Crippen molar-refractivity contribution < 1.29 is 9.53 Å². The van der Waals surface area contributed by atoms with Crippen molar-refractivity contribution in [3.05, 3.63) is 51.0 Å². The summed E-state index contributed by atoms with van der Waals surface area (Å²) in [5.41, 5.74) is 11.3. The van der Waals surface area contributed by atoms with Gasteiger partial charge < -0.3 is 16.2 Å². The molecule has 7 heteroatoms. The Hall–Kier alpha value is -1.62. The molecule has 0 spiro atoms. The van der Waals surface area contributed by atoms with Gasteiger partial charge in [0, 0.05) is 11.8 Å². The summed E-state index contributed by atoms with van der Waals surface area (Å²) < 4.78 is 5.56. The van der Waals surface area contributed by atoms with Crippen molar-refractivity contribution in [2.24, 2.45) is 5.73 Å². The lowest BCUT2D eigenvalue weighted by molar-refractivity contribution is 0.0998. The van der Waals surface area contributed by atoms with Crippen LogP contribution < -0.4 is 16.2 Å². The van der Waals surface area contributed by atoms with Gasteiger partial charge in [-0.05, 0) is 24.3 Å². The SMILES string of the molecule is NC(=O)c1cc(N)cc(Cl)c1Oc1ccc(Cl)c(Cl)c1. The maximum absolute atomic E-state index is 11.4. The van der Waals surface area contributed by atoms with E-state index in [0.717, 1.165) is 0 Å². The maximum atomic E-state index is 11.4. The van der Waals surface area contributed by atoms with Gasteiger partial charge in [-0.3, -0.25) is 4.79 Å². The van der Waals surface area contributed by atoms with Gasteiger partial charge in [0.1, 0.15) is 5.75 Å². The van der Waals surface area contributed by atoms with Crippen LogP contribution in [0.1, 0.15) is 10.4 Å². The summed E-state index contributed by atoms with van der Waals surface area (Å²) in [6.45, 7) is 0. The Morgan fingerprint density at radius 1 is 1.00 bits per heavy atom. The van der Waals surface area contributed by atoms with Crippen molar-refractivity contribution in [3.8, 4) is 11.5 Å². The quantitative estimate of drug-likeness (QED) is 0.830. The van der Waals surface area contributed by atoms with Crippen molar-refractivity contribution in [2.45, 2.75) is 0 Å². The Bertz CT molecular complexity index is 690. The molecule has 0 aliphatic rings. The van der Waals surface area contributed by atoms with Gasteiger partial charge in [0.25, 0.3) is 5.91 Å². The number of hydrogen-bond acceptors (Lipinski definition) is 3. The van der Waals surface area contributed by atoms with Crippen LogP contribution in [0.5, 0.6) is 11.5 Å². The van der Waals surface area contributed by atoms with E-state index in [2.05, 4.69) is 0 Å². The second-order valence-corrected chi connectivity index (χ2v) is 5.14. The van der Waals surface area contributed by atoms with Gasteiger partial charge in [-0.1, -0.05) is 34.8 Å². The fourth-order valence-electron chi connectivity index (χ4n) is 1.56. The summed E-state index contributed by atoms with van der Waals surface area (Å²) >= 11 is 17.7. The van der Waals surface area contributed by atoms with E-state index in [1.807, 2.05) is 0 Å². The zero-order valence-electron chi connectivity index (χ0n) is 9.99. The van der Waals surface area contributed by atoms with Crippen LogP contribution >= 0.6 is 34.8 Å². The first kappa shape index (κ1) is 14.8. The topological polar surface area (TPSA) is 78.3 Å². The van der Waals surface area contributed by atoms with Crippen LogP contribution in [0, 0.1) is 0 Å². The number of halogens is 3. The third kappa shape index (κ3) is 3.10. The van der Waals surface area contributed by atoms with Crippen molar-refractivity contribution in [1.29, 1.82) is 0 Å². The number of ether oxygens (including phenoxy) is 1. The van der Waals surface area contributed by atoms with E-state index in [9.17, 15) is 4.79 Å². The van der Waals surface area contributed by atoms with Gasteiger partial charge >= 0.3 is 0 Å². The minimum absolute atomic E-state index is 0.0843.